The Morgan fingerprint density at radius 2 is 2.15 bits per heavy atom. The zero-order valence-electron chi connectivity index (χ0n) is 6.93. The summed E-state index contributed by atoms with van der Waals surface area (Å²) in [7, 11) is 0. The molecule has 0 atom stereocenters. The lowest BCUT2D eigenvalue weighted by molar-refractivity contribution is 0.346. The standard InChI is InChI=1S/C8H9Cl2N3/c9-7-2-6(8(10)13-12-7)1-5-3-11-4-5/h2,5,11H,1,3-4H2. The first-order valence-electron chi connectivity index (χ1n) is 4.14. The van der Waals surface area contributed by atoms with E-state index in [4.69, 9.17) is 23.2 Å². The van der Waals surface area contributed by atoms with Crippen LogP contribution in [-0.2, 0) is 6.42 Å². The van der Waals surface area contributed by atoms with Gasteiger partial charge < -0.3 is 5.32 Å². The van der Waals surface area contributed by atoms with Gasteiger partial charge in [-0.25, -0.2) is 0 Å². The van der Waals surface area contributed by atoms with Gasteiger partial charge in [-0.2, -0.15) is 0 Å². The maximum absolute atomic E-state index is 5.87. The van der Waals surface area contributed by atoms with Crippen LogP contribution < -0.4 is 5.32 Å². The van der Waals surface area contributed by atoms with Gasteiger partial charge in [0, 0.05) is 0 Å². The van der Waals surface area contributed by atoms with Gasteiger partial charge in [-0.1, -0.05) is 23.2 Å². The number of rotatable bonds is 2. The third-order valence-corrected chi connectivity index (χ3v) is 2.67. The number of nitrogens with one attached hydrogen (secondary N) is 1. The fourth-order valence-corrected chi connectivity index (χ4v) is 1.67. The van der Waals surface area contributed by atoms with Crippen LogP contribution in [-0.4, -0.2) is 23.3 Å². The summed E-state index contributed by atoms with van der Waals surface area (Å²) in [5.74, 6) is 0.665. The Hall–Kier alpha value is -0.380. The minimum absolute atomic E-state index is 0.409. The van der Waals surface area contributed by atoms with Gasteiger partial charge in [0.1, 0.15) is 0 Å². The Balaban J connectivity index is 2.13. The van der Waals surface area contributed by atoms with Crippen LogP contribution in [0.2, 0.25) is 10.3 Å². The second kappa shape index (κ2) is 3.78. The van der Waals surface area contributed by atoms with Crippen molar-refractivity contribution in [2.75, 3.05) is 13.1 Å². The molecule has 0 unspecified atom stereocenters. The van der Waals surface area contributed by atoms with Crippen molar-refractivity contribution in [3.63, 3.8) is 0 Å². The quantitative estimate of drug-likeness (QED) is 0.818. The number of hydrogen-bond donors (Lipinski definition) is 1. The fraction of sp³-hybridized carbons (Fsp3) is 0.500. The molecule has 0 bridgehead atoms. The Kier molecular flexibility index (Phi) is 2.67. The number of hydrogen-bond acceptors (Lipinski definition) is 3. The molecular weight excluding hydrogens is 209 g/mol. The number of aromatic nitrogens is 2. The van der Waals surface area contributed by atoms with Crippen molar-refractivity contribution < 1.29 is 0 Å². The topological polar surface area (TPSA) is 37.8 Å². The van der Waals surface area contributed by atoms with E-state index in [0.717, 1.165) is 25.1 Å². The van der Waals surface area contributed by atoms with Crippen LogP contribution >= 0.6 is 23.2 Å². The Labute approximate surface area is 86.4 Å². The van der Waals surface area contributed by atoms with E-state index in [-0.39, 0.29) is 0 Å². The van der Waals surface area contributed by atoms with Crippen LogP contribution in [0.3, 0.4) is 0 Å². The third kappa shape index (κ3) is 2.10. The molecule has 13 heavy (non-hydrogen) atoms. The molecule has 0 aliphatic carbocycles. The number of nitrogens with zero attached hydrogens (tertiary/aromatic N) is 2. The van der Waals surface area contributed by atoms with Gasteiger partial charge in [0.05, 0.1) is 0 Å². The number of halogens is 2. The van der Waals surface area contributed by atoms with E-state index in [1.54, 1.807) is 6.07 Å². The molecule has 0 spiro atoms. The van der Waals surface area contributed by atoms with Crippen molar-refractivity contribution in [3.8, 4) is 0 Å². The van der Waals surface area contributed by atoms with Gasteiger partial charge in [0.25, 0.3) is 0 Å². The predicted molar refractivity (Wildman–Crippen MR) is 52.1 cm³/mol. The Morgan fingerprint density at radius 3 is 2.77 bits per heavy atom. The summed E-state index contributed by atoms with van der Waals surface area (Å²) in [5, 5.41) is 11.5. The first kappa shape index (κ1) is 9.19. The van der Waals surface area contributed by atoms with Gasteiger partial charge in [0.2, 0.25) is 0 Å². The SMILES string of the molecule is Clc1cc(CC2CNC2)c(Cl)nn1. The molecule has 5 heteroatoms. The van der Waals surface area contributed by atoms with Crippen molar-refractivity contribution >= 4 is 23.2 Å². The van der Waals surface area contributed by atoms with Crippen molar-refractivity contribution in [2.24, 2.45) is 5.92 Å². The molecule has 1 fully saturated rings. The van der Waals surface area contributed by atoms with Crippen molar-refractivity contribution in [1.29, 1.82) is 0 Å². The summed E-state index contributed by atoms with van der Waals surface area (Å²) in [5.41, 5.74) is 0.994. The van der Waals surface area contributed by atoms with Gasteiger partial charge in [0.15, 0.2) is 10.3 Å². The normalized spacial score (nSPS) is 17.1. The summed E-state index contributed by atoms with van der Waals surface area (Å²) < 4.78 is 0. The molecule has 0 aromatic carbocycles. The molecule has 70 valence electrons. The molecule has 1 saturated heterocycles. The first-order chi connectivity index (χ1) is 6.25. The van der Waals surface area contributed by atoms with Crippen molar-refractivity contribution in [1.82, 2.24) is 15.5 Å². The van der Waals surface area contributed by atoms with Gasteiger partial charge in [-0.3, -0.25) is 0 Å². The average molecular weight is 218 g/mol. The lowest BCUT2D eigenvalue weighted by atomic mass is 9.96. The van der Waals surface area contributed by atoms with Crippen molar-refractivity contribution in [2.45, 2.75) is 6.42 Å². The lowest BCUT2D eigenvalue weighted by Crippen LogP contribution is -2.43. The van der Waals surface area contributed by atoms with E-state index >= 15 is 0 Å². The van der Waals surface area contributed by atoms with E-state index in [2.05, 4.69) is 15.5 Å². The molecule has 3 nitrogen and oxygen atoms in total. The van der Waals surface area contributed by atoms with E-state index < -0.39 is 0 Å². The van der Waals surface area contributed by atoms with E-state index in [1.165, 1.54) is 0 Å². The molecule has 1 N–H and O–H groups in total. The highest BCUT2D eigenvalue weighted by Crippen LogP contribution is 2.20. The molecule has 1 aliphatic heterocycles. The average Bonchev–Trinajstić information content (AvgIpc) is 2.03. The van der Waals surface area contributed by atoms with Crippen LogP contribution in [0.5, 0.6) is 0 Å². The van der Waals surface area contributed by atoms with Crippen molar-refractivity contribution in [3.05, 3.63) is 21.9 Å². The van der Waals surface area contributed by atoms with E-state index in [0.29, 0.717) is 16.2 Å². The maximum atomic E-state index is 5.87. The molecule has 1 aliphatic rings. The largest absolute Gasteiger partial charge is 0.316 e. The second-order valence-electron chi connectivity index (χ2n) is 3.21. The molecule has 0 radical (unpaired) electrons. The monoisotopic (exact) mass is 217 g/mol. The minimum atomic E-state index is 0.409. The molecule has 1 aromatic rings. The lowest BCUT2D eigenvalue weighted by Gasteiger charge is -2.27. The van der Waals surface area contributed by atoms with Gasteiger partial charge in [-0.05, 0) is 37.1 Å². The maximum Gasteiger partial charge on any atom is 0.155 e. The summed E-state index contributed by atoms with van der Waals surface area (Å²) in [4.78, 5) is 0. The van der Waals surface area contributed by atoms with Crippen LogP contribution in [0.15, 0.2) is 6.07 Å². The molecule has 1 aromatic heterocycles. The van der Waals surface area contributed by atoms with Crippen LogP contribution in [0.25, 0.3) is 0 Å². The van der Waals surface area contributed by atoms with E-state index in [1.807, 2.05) is 0 Å². The summed E-state index contributed by atoms with van der Waals surface area (Å²) >= 11 is 11.6. The highest BCUT2D eigenvalue weighted by molar-refractivity contribution is 6.31. The van der Waals surface area contributed by atoms with Crippen LogP contribution in [0, 0.1) is 5.92 Å². The minimum Gasteiger partial charge on any atom is -0.316 e. The zero-order valence-corrected chi connectivity index (χ0v) is 8.44. The van der Waals surface area contributed by atoms with Gasteiger partial charge >= 0.3 is 0 Å². The molecule has 2 rings (SSSR count). The Morgan fingerprint density at radius 1 is 1.38 bits per heavy atom. The highest BCUT2D eigenvalue weighted by Gasteiger charge is 2.18. The van der Waals surface area contributed by atoms with E-state index in [9.17, 15) is 0 Å². The fourth-order valence-electron chi connectivity index (χ4n) is 1.34. The summed E-state index contributed by atoms with van der Waals surface area (Å²) in [6, 6.07) is 1.79. The molecule has 0 amide bonds. The molecule has 0 saturated carbocycles. The summed E-state index contributed by atoms with van der Waals surface area (Å²) in [6.45, 7) is 2.10. The molecule has 2 heterocycles. The zero-order chi connectivity index (χ0) is 9.26. The summed E-state index contributed by atoms with van der Waals surface area (Å²) in [6.07, 6.45) is 0.932. The smallest absolute Gasteiger partial charge is 0.155 e. The third-order valence-electron chi connectivity index (χ3n) is 2.17. The second-order valence-corrected chi connectivity index (χ2v) is 3.96. The van der Waals surface area contributed by atoms with Crippen LogP contribution in [0.4, 0.5) is 0 Å². The Bertz CT molecular complexity index is 312. The van der Waals surface area contributed by atoms with Crippen LogP contribution in [0.1, 0.15) is 5.56 Å². The highest BCUT2D eigenvalue weighted by atomic mass is 35.5. The molecular formula is C8H9Cl2N3. The predicted octanol–water partition coefficient (Wildman–Crippen LogP) is 1.55. The van der Waals surface area contributed by atoms with Gasteiger partial charge in [-0.15, -0.1) is 10.2 Å². The first-order valence-corrected chi connectivity index (χ1v) is 4.89.